The minimum Gasteiger partial charge on any atom is -0.291 e. The number of aromatic nitrogens is 1. The molecule has 1 unspecified atom stereocenters. The molecule has 0 aromatic carbocycles. The molecular weight excluding hydrogens is 269 g/mol. The lowest BCUT2D eigenvalue weighted by Gasteiger charge is -2.07. The topological polar surface area (TPSA) is 54.0 Å². The van der Waals surface area contributed by atoms with Crippen molar-refractivity contribution in [1.82, 2.24) is 15.8 Å². The molecule has 0 bridgehead atoms. The van der Waals surface area contributed by atoms with Crippen molar-refractivity contribution in [3.05, 3.63) is 28.5 Å². The maximum atomic E-state index is 10.9. The van der Waals surface area contributed by atoms with Crippen LogP contribution in [0.1, 0.15) is 18.0 Å². The molecule has 1 aromatic rings. The van der Waals surface area contributed by atoms with Gasteiger partial charge in [-0.3, -0.25) is 15.2 Å². The minimum absolute atomic E-state index is 0. The first-order chi connectivity index (χ1) is 6.25. The van der Waals surface area contributed by atoms with Gasteiger partial charge in [-0.15, -0.1) is 12.4 Å². The lowest BCUT2D eigenvalue weighted by Crippen LogP contribution is -2.27. The zero-order chi connectivity index (χ0) is 9.26. The van der Waals surface area contributed by atoms with Gasteiger partial charge in [0.1, 0.15) is 0 Å². The Morgan fingerprint density at radius 1 is 1.50 bits per heavy atom. The summed E-state index contributed by atoms with van der Waals surface area (Å²) in [5.74, 6) is 0.0185. The van der Waals surface area contributed by atoms with Crippen LogP contribution in [0.25, 0.3) is 0 Å². The van der Waals surface area contributed by atoms with E-state index in [0.29, 0.717) is 6.42 Å². The summed E-state index contributed by atoms with van der Waals surface area (Å²) in [4.78, 5) is 14.9. The van der Waals surface area contributed by atoms with E-state index in [1.54, 1.807) is 12.4 Å². The summed E-state index contributed by atoms with van der Waals surface area (Å²) < 4.78 is 0.922. The molecule has 1 aliphatic heterocycles. The highest BCUT2D eigenvalue weighted by Crippen LogP contribution is 2.21. The van der Waals surface area contributed by atoms with E-state index in [9.17, 15) is 4.79 Å². The van der Waals surface area contributed by atoms with Gasteiger partial charge in [-0.05, 0) is 27.6 Å². The Balaban J connectivity index is 0.000000980. The van der Waals surface area contributed by atoms with Gasteiger partial charge in [-0.1, -0.05) is 0 Å². The van der Waals surface area contributed by atoms with E-state index >= 15 is 0 Å². The third-order valence-corrected chi connectivity index (χ3v) is 2.34. The summed E-state index contributed by atoms with van der Waals surface area (Å²) >= 11 is 3.33. The fourth-order valence-electron chi connectivity index (χ4n) is 1.28. The average molecular weight is 279 g/mol. The van der Waals surface area contributed by atoms with E-state index < -0.39 is 0 Å². The maximum Gasteiger partial charge on any atom is 0.236 e. The summed E-state index contributed by atoms with van der Waals surface area (Å²) in [5.41, 5.74) is 6.45. The van der Waals surface area contributed by atoms with Crippen molar-refractivity contribution in [1.29, 1.82) is 0 Å². The van der Waals surface area contributed by atoms with E-state index in [-0.39, 0.29) is 24.4 Å². The third kappa shape index (κ3) is 2.43. The fraction of sp³-hybridized carbons (Fsp3) is 0.250. The van der Waals surface area contributed by atoms with E-state index in [1.807, 2.05) is 6.07 Å². The number of rotatable bonds is 1. The van der Waals surface area contributed by atoms with E-state index in [1.165, 1.54) is 0 Å². The molecule has 4 nitrogen and oxygen atoms in total. The Morgan fingerprint density at radius 3 is 2.86 bits per heavy atom. The Kier molecular flexibility index (Phi) is 3.86. The van der Waals surface area contributed by atoms with Gasteiger partial charge in [0.2, 0.25) is 5.91 Å². The van der Waals surface area contributed by atoms with Gasteiger partial charge in [0.15, 0.2) is 0 Å². The molecule has 1 fully saturated rings. The molecule has 1 atom stereocenters. The summed E-state index contributed by atoms with van der Waals surface area (Å²) in [6.45, 7) is 0. The molecule has 2 rings (SSSR count). The Bertz CT molecular complexity index is 347. The summed E-state index contributed by atoms with van der Waals surface area (Å²) in [5, 5.41) is 0. The van der Waals surface area contributed by atoms with Crippen LogP contribution in [0.5, 0.6) is 0 Å². The van der Waals surface area contributed by atoms with Gasteiger partial charge in [0.25, 0.3) is 0 Å². The van der Waals surface area contributed by atoms with Crippen molar-refractivity contribution < 1.29 is 4.79 Å². The molecule has 0 saturated carbocycles. The number of hydrazine groups is 1. The number of carbonyl (C=O) groups is 1. The smallest absolute Gasteiger partial charge is 0.236 e. The number of nitrogens with zero attached hydrogens (tertiary/aromatic N) is 1. The molecule has 0 radical (unpaired) electrons. The number of hydrogen-bond donors (Lipinski definition) is 2. The van der Waals surface area contributed by atoms with Gasteiger partial charge in [0.05, 0.1) is 6.04 Å². The Morgan fingerprint density at radius 2 is 2.29 bits per heavy atom. The SMILES string of the molecule is Cl.O=C1CC(c2cncc(Br)c2)NN1. The van der Waals surface area contributed by atoms with Crippen molar-refractivity contribution in [2.75, 3.05) is 0 Å². The van der Waals surface area contributed by atoms with Crippen molar-refractivity contribution in [2.24, 2.45) is 0 Å². The monoisotopic (exact) mass is 277 g/mol. The lowest BCUT2D eigenvalue weighted by atomic mass is 10.1. The molecular formula is C8H9BrClN3O. The normalized spacial score (nSPS) is 20.1. The lowest BCUT2D eigenvalue weighted by molar-refractivity contribution is -0.119. The van der Waals surface area contributed by atoms with Crippen molar-refractivity contribution in [3.8, 4) is 0 Å². The highest BCUT2D eigenvalue weighted by Gasteiger charge is 2.22. The number of amides is 1. The Hall–Kier alpha value is -0.650. The van der Waals surface area contributed by atoms with Gasteiger partial charge < -0.3 is 0 Å². The number of hydrogen-bond acceptors (Lipinski definition) is 3. The molecule has 1 amide bonds. The van der Waals surface area contributed by atoms with Crippen LogP contribution in [0.4, 0.5) is 0 Å². The van der Waals surface area contributed by atoms with Crippen LogP contribution < -0.4 is 10.9 Å². The first-order valence-corrected chi connectivity index (χ1v) is 4.70. The summed E-state index contributed by atoms with van der Waals surface area (Å²) in [6, 6.07) is 1.99. The van der Waals surface area contributed by atoms with Crippen LogP contribution in [-0.2, 0) is 4.79 Å². The van der Waals surface area contributed by atoms with E-state index in [0.717, 1.165) is 10.0 Å². The van der Waals surface area contributed by atoms with Crippen LogP contribution in [0.2, 0.25) is 0 Å². The van der Waals surface area contributed by atoms with Crippen molar-refractivity contribution in [2.45, 2.75) is 12.5 Å². The molecule has 0 aliphatic carbocycles. The second kappa shape index (κ2) is 4.72. The molecule has 2 heterocycles. The maximum absolute atomic E-state index is 10.9. The molecule has 6 heteroatoms. The first-order valence-electron chi connectivity index (χ1n) is 3.90. The largest absolute Gasteiger partial charge is 0.291 e. The average Bonchev–Trinajstić information content (AvgIpc) is 2.52. The van der Waals surface area contributed by atoms with Gasteiger partial charge in [-0.25, -0.2) is 5.43 Å². The molecule has 76 valence electrons. The van der Waals surface area contributed by atoms with Crippen LogP contribution >= 0.6 is 28.3 Å². The molecule has 0 spiro atoms. The zero-order valence-electron chi connectivity index (χ0n) is 7.16. The predicted molar refractivity (Wildman–Crippen MR) is 57.8 cm³/mol. The molecule has 14 heavy (non-hydrogen) atoms. The molecule has 2 N–H and O–H groups in total. The standard InChI is InChI=1S/C8H8BrN3O.ClH/c9-6-1-5(3-10-4-6)7-2-8(13)12-11-7;/h1,3-4,7,11H,2H2,(H,12,13);1H. The number of halogens is 2. The summed E-state index contributed by atoms with van der Waals surface area (Å²) in [7, 11) is 0. The predicted octanol–water partition coefficient (Wildman–Crippen LogP) is 1.33. The molecule has 1 aromatic heterocycles. The molecule has 1 saturated heterocycles. The van der Waals surface area contributed by atoms with Gasteiger partial charge >= 0.3 is 0 Å². The highest BCUT2D eigenvalue weighted by molar-refractivity contribution is 9.10. The third-order valence-electron chi connectivity index (χ3n) is 1.90. The fourth-order valence-corrected chi connectivity index (χ4v) is 1.66. The quantitative estimate of drug-likeness (QED) is 0.815. The van der Waals surface area contributed by atoms with Crippen LogP contribution in [0.15, 0.2) is 22.9 Å². The van der Waals surface area contributed by atoms with Gasteiger partial charge in [-0.2, -0.15) is 0 Å². The number of nitrogens with one attached hydrogen (secondary N) is 2. The van der Waals surface area contributed by atoms with Crippen molar-refractivity contribution in [3.63, 3.8) is 0 Å². The second-order valence-corrected chi connectivity index (χ2v) is 3.80. The summed E-state index contributed by atoms with van der Waals surface area (Å²) in [6.07, 6.45) is 3.94. The van der Waals surface area contributed by atoms with Crippen LogP contribution in [0, 0.1) is 0 Å². The first kappa shape index (κ1) is 11.4. The van der Waals surface area contributed by atoms with E-state index in [4.69, 9.17) is 0 Å². The zero-order valence-corrected chi connectivity index (χ0v) is 9.56. The van der Waals surface area contributed by atoms with E-state index in [2.05, 4.69) is 31.8 Å². The minimum atomic E-state index is 0. The number of pyridine rings is 1. The van der Waals surface area contributed by atoms with Crippen molar-refractivity contribution >= 4 is 34.2 Å². The van der Waals surface area contributed by atoms with Crippen LogP contribution in [0.3, 0.4) is 0 Å². The second-order valence-electron chi connectivity index (χ2n) is 2.89. The highest BCUT2D eigenvalue weighted by atomic mass is 79.9. The molecule has 1 aliphatic rings. The number of carbonyl (C=O) groups excluding carboxylic acids is 1. The van der Waals surface area contributed by atoms with Gasteiger partial charge in [0, 0.05) is 23.3 Å². The Labute approximate surface area is 96.0 Å². The van der Waals surface area contributed by atoms with Crippen LogP contribution in [-0.4, -0.2) is 10.9 Å².